The Morgan fingerprint density at radius 2 is 2.17 bits per heavy atom. The van der Waals surface area contributed by atoms with Crippen LogP contribution in [-0.4, -0.2) is 19.1 Å². The summed E-state index contributed by atoms with van der Waals surface area (Å²) in [6.07, 6.45) is 0.989. The number of rotatable bonds is 6. The number of amides is 1. The van der Waals surface area contributed by atoms with Crippen LogP contribution < -0.4 is 10.1 Å². The summed E-state index contributed by atoms with van der Waals surface area (Å²) < 4.78 is 6.47. The van der Waals surface area contributed by atoms with Crippen LogP contribution in [0, 0.1) is 12.8 Å². The van der Waals surface area contributed by atoms with Crippen molar-refractivity contribution in [2.45, 2.75) is 27.2 Å². The second kappa shape index (κ2) is 7.41. The van der Waals surface area contributed by atoms with E-state index in [9.17, 15) is 4.79 Å². The van der Waals surface area contributed by atoms with Gasteiger partial charge in [-0.1, -0.05) is 29.8 Å². The number of carbonyl (C=O) groups is 1. The molecule has 3 nitrogen and oxygen atoms in total. The number of nitrogens with one attached hydrogen (secondary N) is 1. The van der Waals surface area contributed by atoms with Gasteiger partial charge >= 0.3 is 0 Å². The Labute approximate surface area is 117 Å². The van der Waals surface area contributed by atoms with Gasteiger partial charge in [-0.05, 0) is 43.0 Å². The zero-order valence-corrected chi connectivity index (χ0v) is 12.7. The highest BCUT2D eigenvalue weighted by molar-refractivity contribution is 9.10. The van der Waals surface area contributed by atoms with E-state index >= 15 is 0 Å². The van der Waals surface area contributed by atoms with E-state index in [-0.39, 0.29) is 12.5 Å². The highest BCUT2D eigenvalue weighted by Crippen LogP contribution is 2.21. The molecule has 0 spiro atoms. The van der Waals surface area contributed by atoms with E-state index in [4.69, 9.17) is 4.74 Å². The van der Waals surface area contributed by atoms with Gasteiger partial charge in [0.2, 0.25) is 0 Å². The molecule has 1 amide bonds. The molecule has 0 radical (unpaired) electrons. The third kappa shape index (κ3) is 5.54. The number of benzene rings is 1. The van der Waals surface area contributed by atoms with E-state index in [2.05, 4.69) is 35.1 Å². The minimum Gasteiger partial charge on any atom is -0.484 e. The molecule has 1 aromatic rings. The van der Waals surface area contributed by atoms with Gasteiger partial charge in [-0.2, -0.15) is 0 Å². The van der Waals surface area contributed by atoms with E-state index in [1.807, 2.05) is 25.1 Å². The summed E-state index contributed by atoms with van der Waals surface area (Å²) in [4.78, 5) is 11.5. The average molecular weight is 314 g/mol. The lowest BCUT2D eigenvalue weighted by atomic mass is 10.1. The Morgan fingerprint density at radius 3 is 2.78 bits per heavy atom. The van der Waals surface area contributed by atoms with Crippen molar-refractivity contribution in [2.75, 3.05) is 13.2 Å². The Hall–Kier alpha value is -1.03. The molecule has 0 fully saturated rings. The largest absolute Gasteiger partial charge is 0.484 e. The summed E-state index contributed by atoms with van der Waals surface area (Å²) in [5.74, 6) is 1.24. The molecule has 0 aromatic heterocycles. The fraction of sp³-hybridized carbons (Fsp3) is 0.500. The molecule has 0 unspecified atom stereocenters. The van der Waals surface area contributed by atoms with Gasteiger partial charge in [-0.3, -0.25) is 4.79 Å². The summed E-state index contributed by atoms with van der Waals surface area (Å²) in [7, 11) is 0. The standard InChI is InChI=1S/C14H20BrNO2/c1-10(2)6-7-16-14(17)9-18-12-4-5-13(15)11(3)8-12/h4-5,8,10H,6-7,9H2,1-3H3,(H,16,17). The van der Waals surface area contributed by atoms with Crippen LogP contribution >= 0.6 is 15.9 Å². The first-order valence-corrected chi connectivity index (χ1v) is 6.94. The van der Waals surface area contributed by atoms with Crippen LogP contribution in [0.15, 0.2) is 22.7 Å². The highest BCUT2D eigenvalue weighted by atomic mass is 79.9. The predicted molar refractivity (Wildman–Crippen MR) is 76.8 cm³/mol. The maximum atomic E-state index is 11.5. The van der Waals surface area contributed by atoms with Gasteiger partial charge in [-0.15, -0.1) is 0 Å². The van der Waals surface area contributed by atoms with Gasteiger partial charge in [0, 0.05) is 11.0 Å². The fourth-order valence-electron chi connectivity index (χ4n) is 1.41. The molecule has 1 N–H and O–H groups in total. The third-order valence-corrected chi connectivity index (χ3v) is 3.43. The lowest BCUT2D eigenvalue weighted by molar-refractivity contribution is -0.123. The SMILES string of the molecule is Cc1cc(OCC(=O)NCCC(C)C)ccc1Br. The number of aryl methyl sites for hydroxylation is 1. The highest BCUT2D eigenvalue weighted by Gasteiger charge is 2.04. The molecular formula is C14H20BrNO2. The minimum atomic E-state index is -0.0729. The maximum Gasteiger partial charge on any atom is 0.257 e. The molecule has 0 atom stereocenters. The van der Waals surface area contributed by atoms with Gasteiger partial charge in [0.1, 0.15) is 5.75 Å². The number of hydrogen-bond donors (Lipinski definition) is 1. The van der Waals surface area contributed by atoms with Crippen molar-refractivity contribution in [3.05, 3.63) is 28.2 Å². The lowest BCUT2D eigenvalue weighted by Crippen LogP contribution is -2.30. The van der Waals surface area contributed by atoms with Crippen LogP contribution in [0.1, 0.15) is 25.8 Å². The van der Waals surface area contributed by atoms with Gasteiger partial charge in [0.05, 0.1) is 0 Å². The molecule has 0 aliphatic carbocycles. The molecule has 0 aliphatic rings. The smallest absolute Gasteiger partial charge is 0.257 e. The van der Waals surface area contributed by atoms with Crippen molar-refractivity contribution in [1.82, 2.24) is 5.32 Å². The molecule has 18 heavy (non-hydrogen) atoms. The Bertz CT molecular complexity index is 405. The van der Waals surface area contributed by atoms with Gasteiger partial charge in [-0.25, -0.2) is 0 Å². The Kier molecular flexibility index (Phi) is 6.19. The van der Waals surface area contributed by atoms with Crippen LogP contribution in [0.3, 0.4) is 0 Å². The summed E-state index contributed by atoms with van der Waals surface area (Å²) in [5, 5.41) is 2.84. The summed E-state index contributed by atoms with van der Waals surface area (Å²) >= 11 is 3.42. The van der Waals surface area contributed by atoms with Crippen LogP contribution in [0.5, 0.6) is 5.75 Å². The Morgan fingerprint density at radius 1 is 1.44 bits per heavy atom. The number of ether oxygens (including phenoxy) is 1. The Balaban J connectivity index is 2.31. The normalized spacial score (nSPS) is 10.5. The first-order valence-electron chi connectivity index (χ1n) is 6.14. The monoisotopic (exact) mass is 313 g/mol. The number of halogens is 1. The molecule has 0 bridgehead atoms. The van der Waals surface area contributed by atoms with Crippen LogP contribution in [0.2, 0.25) is 0 Å². The van der Waals surface area contributed by atoms with E-state index in [1.54, 1.807) is 0 Å². The molecule has 0 saturated carbocycles. The van der Waals surface area contributed by atoms with E-state index < -0.39 is 0 Å². The summed E-state index contributed by atoms with van der Waals surface area (Å²) in [6.45, 7) is 7.03. The van der Waals surface area contributed by atoms with Crippen molar-refractivity contribution in [3.8, 4) is 5.75 Å². The van der Waals surface area contributed by atoms with E-state index in [0.717, 1.165) is 22.2 Å². The van der Waals surface area contributed by atoms with E-state index in [0.29, 0.717) is 12.5 Å². The maximum absolute atomic E-state index is 11.5. The van der Waals surface area contributed by atoms with Crippen LogP contribution in [-0.2, 0) is 4.79 Å². The third-order valence-electron chi connectivity index (χ3n) is 2.54. The summed E-state index contributed by atoms with van der Waals surface area (Å²) in [6, 6.07) is 5.67. The molecule has 0 aliphatic heterocycles. The topological polar surface area (TPSA) is 38.3 Å². The van der Waals surface area contributed by atoms with Crippen LogP contribution in [0.4, 0.5) is 0 Å². The zero-order chi connectivity index (χ0) is 13.5. The molecule has 1 aromatic carbocycles. The van der Waals surface area contributed by atoms with Crippen molar-refractivity contribution < 1.29 is 9.53 Å². The van der Waals surface area contributed by atoms with Crippen molar-refractivity contribution in [3.63, 3.8) is 0 Å². The molecule has 1 rings (SSSR count). The first kappa shape index (κ1) is 15.0. The quantitative estimate of drug-likeness (QED) is 0.875. The zero-order valence-electron chi connectivity index (χ0n) is 11.1. The second-order valence-corrected chi connectivity index (χ2v) is 5.59. The number of hydrogen-bond acceptors (Lipinski definition) is 2. The molecule has 4 heteroatoms. The van der Waals surface area contributed by atoms with Crippen molar-refractivity contribution >= 4 is 21.8 Å². The van der Waals surface area contributed by atoms with E-state index in [1.165, 1.54) is 0 Å². The van der Waals surface area contributed by atoms with Crippen molar-refractivity contribution in [1.29, 1.82) is 0 Å². The van der Waals surface area contributed by atoms with Crippen LogP contribution in [0.25, 0.3) is 0 Å². The molecular weight excluding hydrogens is 294 g/mol. The first-order chi connectivity index (χ1) is 8.49. The lowest BCUT2D eigenvalue weighted by Gasteiger charge is -2.09. The van der Waals surface area contributed by atoms with Gasteiger partial charge in [0.25, 0.3) is 5.91 Å². The van der Waals surface area contributed by atoms with Gasteiger partial charge < -0.3 is 10.1 Å². The molecule has 100 valence electrons. The number of carbonyl (C=O) groups excluding carboxylic acids is 1. The average Bonchev–Trinajstić information content (AvgIpc) is 2.30. The molecule has 0 heterocycles. The predicted octanol–water partition coefficient (Wildman–Crippen LogP) is 3.30. The fourth-order valence-corrected chi connectivity index (χ4v) is 1.65. The molecule has 0 saturated heterocycles. The summed E-state index contributed by atoms with van der Waals surface area (Å²) in [5.41, 5.74) is 1.09. The second-order valence-electron chi connectivity index (χ2n) is 4.73. The minimum absolute atomic E-state index is 0.0686. The van der Waals surface area contributed by atoms with Crippen molar-refractivity contribution in [2.24, 2.45) is 5.92 Å². The van der Waals surface area contributed by atoms with Gasteiger partial charge in [0.15, 0.2) is 6.61 Å².